The molecule has 0 amide bonds. The highest BCUT2D eigenvalue weighted by Crippen LogP contribution is 2.34. The third-order valence-electron chi connectivity index (χ3n) is 4.17. The topological polar surface area (TPSA) is 56.3 Å². The van der Waals surface area contributed by atoms with Crippen LogP contribution in [0.25, 0.3) is 0 Å². The van der Waals surface area contributed by atoms with E-state index in [0.717, 1.165) is 6.54 Å². The van der Waals surface area contributed by atoms with E-state index in [1.807, 2.05) is 0 Å². The number of nitrogens with two attached hydrogens (primary N) is 1. The van der Waals surface area contributed by atoms with Gasteiger partial charge in [0, 0.05) is 13.1 Å². The maximum atomic E-state index is 14.4. The van der Waals surface area contributed by atoms with Crippen molar-refractivity contribution in [1.82, 2.24) is 14.7 Å². The number of rotatable bonds is 2. The van der Waals surface area contributed by atoms with Crippen molar-refractivity contribution >= 4 is 17.3 Å². The minimum Gasteiger partial charge on any atom is -0.395 e. The minimum absolute atomic E-state index is 0.0117. The van der Waals surface area contributed by atoms with Crippen molar-refractivity contribution in [1.29, 1.82) is 0 Å². The van der Waals surface area contributed by atoms with Crippen LogP contribution >= 0.6 is 11.6 Å². The van der Waals surface area contributed by atoms with Gasteiger partial charge in [0.1, 0.15) is 11.3 Å². The SMILES string of the molecule is CC1(N2CCC(n3ncc(N)c3Cl)C(F)C2)COC1. The van der Waals surface area contributed by atoms with Crippen LogP contribution in [0.15, 0.2) is 6.20 Å². The molecule has 2 saturated heterocycles. The van der Waals surface area contributed by atoms with Gasteiger partial charge in [-0.05, 0) is 13.3 Å². The van der Waals surface area contributed by atoms with E-state index in [1.54, 1.807) is 0 Å². The van der Waals surface area contributed by atoms with Gasteiger partial charge in [0.15, 0.2) is 0 Å². The van der Waals surface area contributed by atoms with Crippen molar-refractivity contribution in [3.8, 4) is 0 Å². The maximum Gasteiger partial charge on any atom is 0.150 e. The molecule has 2 aliphatic rings. The Kier molecular flexibility index (Phi) is 3.19. The van der Waals surface area contributed by atoms with Crippen LogP contribution in [0.1, 0.15) is 19.4 Å². The Bertz CT molecular complexity index is 476. The van der Waals surface area contributed by atoms with Crippen LogP contribution in [0.2, 0.25) is 5.15 Å². The fourth-order valence-electron chi connectivity index (χ4n) is 2.83. The summed E-state index contributed by atoms with van der Waals surface area (Å²) in [5.41, 5.74) is 6.04. The van der Waals surface area contributed by atoms with Crippen molar-refractivity contribution < 1.29 is 9.13 Å². The van der Waals surface area contributed by atoms with Crippen LogP contribution in [-0.4, -0.2) is 52.7 Å². The van der Waals surface area contributed by atoms with Gasteiger partial charge in [-0.3, -0.25) is 4.90 Å². The van der Waals surface area contributed by atoms with E-state index in [4.69, 9.17) is 22.1 Å². The molecular weight excluding hydrogens is 271 g/mol. The van der Waals surface area contributed by atoms with Crippen LogP contribution in [0.5, 0.6) is 0 Å². The number of hydrogen-bond acceptors (Lipinski definition) is 4. The molecule has 0 saturated carbocycles. The highest BCUT2D eigenvalue weighted by molar-refractivity contribution is 6.32. The zero-order valence-electron chi connectivity index (χ0n) is 10.9. The van der Waals surface area contributed by atoms with Gasteiger partial charge in [-0.1, -0.05) is 11.6 Å². The number of alkyl halides is 1. The van der Waals surface area contributed by atoms with Gasteiger partial charge in [-0.2, -0.15) is 5.10 Å². The lowest BCUT2D eigenvalue weighted by Gasteiger charge is -2.50. The van der Waals surface area contributed by atoms with E-state index in [-0.39, 0.29) is 11.6 Å². The summed E-state index contributed by atoms with van der Waals surface area (Å²) in [4.78, 5) is 2.17. The largest absolute Gasteiger partial charge is 0.395 e. The summed E-state index contributed by atoms with van der Waals surface area (Å²) in [5.74, 6) is 0. The standard InChI is InChI=1S/C12H18ClFN4O/c1-12(6-19-7-12)17-3-2-10(8(14)5-17)18-11(13)9(15)4-16-18/h4,8,10H,2-3,5-7,15H2,1H3. The quantitative estimate of drug-likeness (QED) is 0.896. The number of anilines is 1. The molecule has 2 unspecified atom stereocenters. The van der Waals surface area contributed by atoms with Gasteiger partial charge in [0.2, 0.25) is 0 Å². The molecule has 3 rings (SSSR count). The highest BCUT2D eigenvalue weighted by atomic mass is 35.5. The van der Waals surface area contributed by atoms with E-state index in [1.165, 1.54) is 10.9 Å². The average molecular weight is 289 g/mol. The zero-order chi connectivity index (χ0) is 13.6. The van der Waals surface area contributed by atoms with Gasteiger partial charge in [-0.15, -0.1) is 0 Å². The number of likely N-dealkylation sites (tertiary alicyclic amines) is 1. The van der Waals surface area contributed by atoms with Crippen LogP contribution in [0.3, 0.4) is 0 Å². The molecule has 0 radical (unpaired) electrons. The first-order chi connectivity index (χ1) is 9.01. The molecule has 2 N–H and O–H groups in total. The number of hydrogen-bond donors (Lipinski definition) is 1. The van der Waals surface area contributed by atoms with Gasteiger partial charge in [0.05, 0.1) is 36.7 Å². The van der Waals surface area contributed by atoms with Gasteiger partial charge in [0.25, 0.3) is 0 Å². The normalized spacial score (nSPS) is 31.1. The molecule has 19 heavy (non-hydrogen) atoms. The lowest BCUT2D eigenvalue weighted by atomic mass is 9.92. The van der Waals surface area contributed by atoms with Crippen molar-refractivity contribution in [3.05, 3.63) is 11.3 Å². The van der Waals surface area contributed by atoms with Crippen LogP contribution in [0.4, 0.5) is 10.1 Å². The number of ether oxygens (including phenoxy) is 1. The average Bonchev–Trinajstić information content (AvgIpc) is 2.67. The number of piperidine rings is 1. The molecule has 5 nitrogen and oxygen atoms in total. The summed E-state index contributed by atoms with van der Waals surface area (Å²) in [6.07, 6.45) is 1.16. The summed E-state index contributed by atoms with van der Waals surface area (Å²) < 4.78 is 21.2. The lowest BCUT2D eigenvalue weighted by Crippen LogP contribution is -2.63. The first-order valence-electron chi connectivity index (χ1n) is 6.46. The molecule has 1 aromatic heterocycles. The molecule has 2 aliphatic heterocycles. The van der Waals surface area contributed by atoms with Crippen molar-refractivity contribution in [2.45, 2.75) is 31.1 Å². The molecule has 0 aromatic carbocycles. The number of nitrogens with zero attached hydrogens (tertiary/aromatic N) is 3. The van der Waals surface area contributed by atoms with E-state index < -0.39 is 6.17 Å². The third-order valence-corrected chi connectivity index (χ3v) is 4.56. The van der Waals surface area contributed by atoms with Crippen molar-refractivity contribution in [2.75, 3.05) is 32.0 Å². The first kappa shape index (κ1) is 13.1. The lowest BCUT2D eigenvalue weighted by molar-refractivity contribution is -0.145. The van der Waals surface area contributed by atoms with E-state index in [2.05, 4.69) is 16.9 Å². The molecule has 0 spiro atoms. The zero-order valence-corrected chi connectivity index (χ0v) is 11.6. The predicted molar refractivity (Wildman–Crippen MR) is 71.0 cm³/mol. The predicted octanol–water partition coefficient (Wildman–Crippen LogP) is 1.49. The molecule has 3 heterocycles. The fourth-order valence-corrected chi connectivity index (χ4v) is 3.05. The molecule has 1 aromatic rings. The number of aromatic nitrogens is 2. The molecule has 0 aliphatic carbocycles. The van der Waals surface area contributed by atoms with E-state index in [9.17, 15) is 4.39 Å². The number of halogens is 2. The summed E-state index contributed by atoms with van der Waals surface area (Å²) in [6.45, 7) is 4.68. The smallest absolute Gasteiger partial charge is 0.150 e. The third kappa shape index (κ3) is 2.11. The van der Waals surface area contributed by atoms with Crippen molar-refractivity contribution in [2.24, 2.45) is 0 Å². The van der Waals surface area contributed by atoms with Gasteiger partial charge in [-0.25, -0.2) is 9.07 Å². The summed E-state index contributed by atoms with van der Waals surface area (Å²) in [5, 5.41) is 4.42. The first-order valence-corrected chi connectivity index (χ1v) is 6.84. The highest BCUT2D eigenvalue weighted by Gasteiger charge is 2.44. The fraction of sp³-hybridized carbons (Fsp3) is 0.750. The van der Waals surface area contributed by atoms with E-state index >= 15 is 0 Å². The molecule has 7 heteroatoms. The Morgan fingerprint density at radius 1 is 1.58 bits per heavy atom. The molecular formula is C12H18ClFN4O. The molecule has 2 fully saturated rings. The van der Waals surface area contributed by atoms with Gasteiger partial charge >= 0.3 is 0 Å². The minimum atomic E-state index is -0.997. The second kappa shape index (κ2) is 4.61. The number of nitrogen functional groups attached to an aromatic ring is 1. The van der Waals surface area contributed by atoms with Crippen LogP contribution in [-0.2, 0) is 4.74 Å². The maximum absolute atomic E-state index is 14.4. The monoisotopic (exact) mass is 288 g/mol. The van der Waals surface area contributed by atoms with Gasteiger partial charge < -0.3 is 10.5 Å². The summed E-state index contributed by atoms with van der Waals surface area (Å²) >= 11 is 6.05. The van der Waals surface area contributed by atoms with E-state index in [0.29, 0.717) is 37.0 Å². The Morgan fingerprint density at radius 2 is 2.32 bits per heavy atom. The molecule has 106 valence electrons. The Balaban J connectivity index is 1.72. The van der Waals surface area contributed by atoms with Crippen LogP contribution < -0.4 is 5.73 Å². The van der Waals surface area contributed by atoms with Crippen LogP contribution in [0, 0.1) is 0 Å². The second-order valence-electron chi connectivity index (χ2n) is 5.64. The Labute approximate surface area is 116 Å². The summed E-state index contributed by atoms with van der Waals surface area (Å²) in [7, 11) is 0. The molecule has 0 bridgehead atoms. The second-order valence-corrected chi connectivity index (χ2v) is 6.00. The Morgan fingerprint density at radius 3 is 2.79 bits per heavy atom. The summed E-state index contributed by atoms with van der Waals surface area (Å²) in [6, 6.07) is -0.328. The Hall–Kier alpha value is -0.850. The molecule has 2 atom stereocenters. The van der Waals surface area contributed by atoms with Crippen molar-refractivity contribution in [3.63, 3.8) is 0 Å².